The molecule has 0 saturated heterocycles. The van der Waals surface area contributed by atoms with Crippen molar-refractivity contribution in [2.24, 2.45) is 5.73 Å². The zero-order valence-corrected chi connectivity index (χ0v) is 14.4. The van der Waals surface area contributed by atoms with Gasteiger partial charge in [0.25, 0.3) is 0 Å². The van der Waals surface area contributed by atoms with Crippen LogP contribution in [0.4, 0.5) is 10.5 Å². The molecule has 0 bridgehead atoms. The van der Waals surface area contributed by atoms with E-state index in [-0.39, 0.29) is 9.37 Å². The average molecular weight is 387 g/mol. The second-order valence-corrected chi connectivity index (χ2v) is 8.00. The number of urea groups is 1. The van der Waals surface area contributed by atoms with Crippen molar-refractivity contribution >= 4 is 41.8 Å². The number of primary amides is 1. The number of nitrogens with two attached hydrogens (primary N) is 1. The summed E-state index contributed by atoms with van der Waals surface area (Å²) in [7, 11) is 0. The summed E-state index contributed by atoms with van der Waals surface area (Å²) in [6, 6.07) is 12.9. The van der Waals surface area contributed by atoms with Gasteiger partial charge in [0.15, 0.2) is 0 Å². The molecule has 0 aromatic heterocycles. The standard InChI is InChI=1S/C8H10N2O.C6H6AsClO3/c1-6-4-2-3-5-7(6)10-8(9)11;8-6-4-2-1-3-5(6)7(9,10)11/h2-5H,1H3,(H3,9,10,11);1-4H,(H2,9,10,11). The van der Waals surface area contributed by atoms with E-state index in [1.165, 1.54) is 12.1 Å². The van der Waals surface area contributed by atoms with Crippen LogP contribution in [-0.4, -0.2) is 28.4 Å². The van der Waals surface area contributed by atoms with Gasteiger partial charge < -0.3 is 11.1 Å². The number of anilines is 1. The number of aryl methyl sites for hydroxylation is 1. The Morgan fingerprint density at radius 1 is 1.14 bits per heavy atom. The Morgan fingerprint density at radius 3 is 2.14 bits per heavy atom. The summed E-state index contributed by atoms with van der Waals surface area (Å²) in [5.41, 5.74) is 6.71. The zero-order valence-electron chi connectivity index (χ0n) is 11.7. The van der Waals surface area contributed by atoms with Crippen molar-refractivity contribution in [3.8, 4) is 0 Å². The maximum absolute atomic E-state index is 10.7. The molecule has 22 heavy (non-hydrogen) atoms. The Bertz CT molecular complexity index is 703. The molecule has 2 rings (SSSR count). The summed E-state index contributed by atoms with van der Waals surface area (Å²) < 4.78 is 28.2. The van der Waals surface area contributed by atoms with Crippen LogP contribution < -0.4 is 15.4 Å². The van der Waals surface area contributed by atoms with Crippen LogP contribution in [0, 0.1) is 6.92 Å². The fourth-order valence-electron chi connectivity index (χ4n) is 1.53. The normalized spacial score (nSPS) is 10.4. The second kappa shape index (κ2) is 8.05. The molecule has 0 radical (unpaired) electrons. The van der Waals surface area contributed by atoms with Crippen LogP contribution in [0.2, 0.25) is 5.02 Å². The minimum absolute atomic E-state index is 0.0627. The second-order valence-electron chi connectivity index (χ2n) is 4.30. The number of hydrogen-bond donors (Lipinski definition) is 4. The summed E-state index contributed by atoms with van der Waals surface area (Å²) in [5.74, 6) is 0. The SMILES string of the molecule is Cc1ccccc1NC(N)=O.O=[As](O)(O)c1ccccc1Cl. The molecule has 2 amide bonds. The third-order valence-electron chi connectivity index (χ3n) is 2.57. The number of para-hydroxylation sites is 1. The van der Waals surface area contributed by atoms with Crippen molar-refractivity contribution in [2.75, 3.05) is 5.32 Å². The van der Waals surface area contributed by atoms with Crippen LogP contribution in [0.15, 0.2) is 48.5 Å². The van der Waals surface area contributed by atoms with Crippen LogP contribution in [0.1, 0.15) is 5.56 Å². The molecule has 2 aromatic rings. The van der Waals surface area contributed by atoms with E-state index in [0.29, 0.717) is 0 Å². The van der Waals surface area contributed by atoms with Gasteiger partial charge >= 0.3 is 77.4 Å². The molecule has 0 aliphatic carbocycles. The van der Waals surface area contributed by atoms with Gasteiger partial charge in [-0.1, -0.05) is 18.2 Å². The van der Waals surface area contributed by atoms with Gasteiger partial charge in [0.2, 0.25) is 0 Å². The van der Waals surface area contributed by atoms with Crippen molar-refractivity contribution in [2.45, 2.75) is 6.92 Å². The van der Waals surface area contributed by atoms with E-state index >= 15 is 0 Å². The molecule has 8 heteroatoms. The molecule has 6 nitrogen and oxygen atoms in total. The first kappa shape index (κ1) is 18.3. The van der Waals surface area contributed by atoms with Gasteiger partial charge in [-0.15, -0.1) is 0 Å². The number of hydrogen-bond acceptors (Lipinski definition) is 2. The Balaban J connectivity index is 0.000000220. The van der Waals surface area contributed by atoms with Crippen molar-refractivity contribution in [3.05, 3.63) is 59.1 Å². The van der Waals surface area contributed by atoms with Gasteiger partial charge in [0.1, 0.15) is 0 Å². The molecule has 0 fully saturated rings. The van der Waals surface area contributed by atoms with E-state index < -0.39 is 20.2 Å². The molecule has 0 saturated carbocycles. The van der Waals surface area contributed by atoms with Gasteiger partial charge in [0, 0.05) is 5.69 Å². The number of amides is 2. The number of benzene rings is 2. The fourth-order valence-corrected chi connectivity index (χ4v) is 3.57. The Hall–Kier alpha value is -1.72. The molecule has 0 aliphatic rings. The Labute approximate surface area is 135 Å². The summed E-state index contributed by atoms with van der Waals surface area (Å²) in [6.45, 7) is 1.91. The number of halogens is 1. The van der Waals surface area contributed by atoms with E-state index in [1.807, 2.05) is 25.1 Å². The Kier molecular flexibility index (Phi) is 6.71. The van der Waals surface area contributed by atoms with Gasteiger partial charge in [-0.25, -0.2) is 4.79 Å². The van der Waals surface area contributed by atoms with Crippen LogP contribution in [0.3, 0.4) is 0 Å². The quantitative estimate of drug-likeness (QED) is 0.584. The van der Waals surface area contributed by atoms with E-state index in [2.05, 4.69) is 5.32 Å². The van der Waals surface area contributed by atoms with Crippen LogP contribution in [0.5, 0.6) is 0 Å². The summed E-state index contributed by atoms with van der Waals surface area (Å²) in [4.78, 5) is 10.4. The van der Waals surface area contributed by atoms with Gasteiger partial charge in [0.05, 0.1) is 0 Å². The minimum atomic E-state index is -4.78. The summed E-state index contributed by atoms with van der Waals surface area (Å²) in [6.07, 6.45) is 0. The topological polar surface area (TPSA) is 113 Å². The maximum atomic E-state index is 10.7. The summed E-state index contributed by atoms with van der Waals surface area (Å²) >= 11 is 0.749. The molecule has 0 atom stereocenters. The number of rotatable bonds is 2. The van der Waals surface area contributed by atoms with Crippen molar-refractivity contribution < 1.29 is 16.7 Å². The van der Waals surface area contributed by atoms with Crippen LogP contribution in [0.25, 0.3) is 0 Å². The Morgan fingerprint density at radius 2 is 1.68 bits per heavy atom. The molecular formula is C14H16AsClN2O4. The third-order valence-corrected chi connectivity index (χ3v) is 5.32. The zero-order chi connectivity index (χ0) is 16.8. The van der Waals surface area contributed by atoms with Crippen molar-refractivity contribution in [1.29, 1.82) is 0 Å². The van der Waals surface area contributed by atoms with Crippen LogP contribution >= 0.6 is 11.6 Å². The number of nitrogens with one attached hydrogen (secondary N) is 1. The van der Waals surface area contributed by atoms with Crippen molar-refractivity contribution in [3.63, 3.8) is 0 Å². The van der Waals surface area contributed by atoms with Gasteiger partial charge in [-0.05, 0) is 18.6 Å². The molecule has 0 heterocycles. The molecule has 2 aromatic carbocycles. The predicted octanol–water partition coefficient (Wildman–Crippen LogP) is 1.39. The molecule has 5 N–H and O–H groups in total. The monoisotopic (exact) mass is 386 g/mol. The van der Waals surface area contributed by atoms with E-state index in [0.717, 1.165) is 11.3 Å². The molecule has 0 aliphatic heterocycles. The summed E-state index contributed by atoms with van der Waals surface area (Å²) in [5, 5.41) is 2.64. The first-order valence-electron chi connectivity index (χ1n) is 6.14. The van der Waals surface area contributed by atoms with E-state index in [9.17, 15) is 8.53 Å². The first-order valence-corrected chi connectivity index (χ1v) is 9.90. The molecule has 0 spiro atoms. The number of carbonyl (C=O) groups excluding carboxylic acids is 1. The molecule has 118 valence electrons. The first-order chi connectivity index (χ1) is 10.2. The number of carbonyl (C=O) groups is 1. The average Bonchev–Trinajstić information content (AvgIpc) is 2.41. The molecule has 0 unspecified atom stereocenters. The van der Waals surface area contributed by atoms with Crippen molar-refractivity contribution in [1.82, 2.24) is 0 Å². The van der Waals surface area contributed by atoms with Gasteiger partial charge in [-0.2, -0.15) is 0 Å². The van der Waals surface area contributed by atoms with Gasteiger partial charge in [-0.3, -0.25) is 0 Å². The predicted molar refractivity (Wildman–Crippen MR) is 86.3 cm³/mol. The third kappa shape index (κ3) is 5.95. The fraction of sp³-hybridized carbons (Fsp3) is 0.0714. The van der Waals surface area contributed by atoms with E-state index in [4.69, 9.17) is 25.5 Å². The van der Waals surface area contributed by atoms with Crippen LogP contribution in [-0.2, 0) is 3.74 Å². The molecular weight excluding hydrogens is 371 g/mol. The van der Waals surface area contributed by atoms with E-state index in [1.54, 1.807) is 18.2 Å².